The van der Waals surface area contributed by atoms with Crippen molar-refractivity contribution in [3.8, 4) is 0 Å². The molecule has 3 heterocycles. The molecular weight excluding hydrogens is 343 g/mol. The van der Waals surface area contributed by atoms with Crippen LogP contribution in [0.5, 0.6) is 0 Å². The number of nitrogens with zero attached hydrogens (tertiary/aromatic N) is 3. The third-order valence-electron chi connectivity index (χ3n) is 4.90. The molecule has 26 heavy (non-hydrogen) atoms. The van der Waals surface area contributed by atoms with Gasteiger partial charge in [0.15, 0.2) is 0 Å². The molecule has 4 rings (SSSR count). The van der Waals surface area contributed by atoms with E-state index in [9.17, 15) is 13.2 Å². The Morgan fingerprint density at radius 2 is 2.04 bits per heavy atom. The van der Waals surface area contributed by atoms with Gasteiger partial charge in [-0.15, -0.1) is 0 Å². The molecule has 1 atom stereocenters. The number of halogens is 3. The first-order valence-corrected chi connectivity index (χ1v) is 8.67. The number of anilines is 2. The highest BCUT2D eigenvalue weighted by atomic mass is 19.4. The first-order valence-electron chi connectivity index (χ1n) is 8.67. The lowest BCUT2D eigenvalue weighted by Crippen LogP contribution is -2.48. The van der Waals surface area contributed by atoms with Crippen molar-refractivity contribution in [1.82, 2.24) is 20.2 Å². The number of nitrogens with one attached hydrogen (secondary N) is 2. The summed E-state index contributed by atoms with van der Waals surface area (Å²) in [6.07, 6.45) is -3.62. The fourth-order valence-corrected chi connectivity index (χ4v) is 3.72. The van der Waals surface area contributed by atoms with E-state index in [2.05, 4.69) is 31.6 Å². The summed E-state index contributed by atoms with van der Waals surface area (Å²) in [6, 6.07) is 7.88. The minimum absolute atomic E-state index is 0.154. The number of aromatic nitrogens is 2. The molecule has 1 fully saturated rings. The molecule has 2 aliphatic heterocycles. The fourth-order valence-electron chi connectivity index (χ4n) is 3.72. The molecule has 138 valence electrons. The van der Waals surface area contributed by atoms with Gasteiger partial charge in [-0.1, -0.05) is 6.07 Å². The van der Waals surface area contributed by atoms with Gasteiger partial charge in [0.2, 0.25) is 5.82 Å². The Hall–Kier alpha value is -2.19. The predicted molar refractivity (Wildman–Crippen MR) is 92.4 cm³/mol. The van der Waals surface area contributed by atoms with E-state index in [0.717, 1.165) is 38.3 Å². The highest BCUT2D eigenvalue weighted by Gasteiger charge is 2.35. The van der Waals surface area contributed by atoms with Crippen LogP contribution in [0.1, 0.15) is 28.7 Å². The van der Waals surface area contributed by atoms with Crippen molar-refractivity contribution in [3.05, 3.63) is 46.9 Å². The topological polar surface area (TPSA) is 53.1 Å². The largest absolute Gasteiger partial charge is 0.451 e. The molecule has 0 unspecified atom stereocenters. The van der Waals surface area contributed by atoms with Crippen molar-refractivity contribution in [1.29, 1.82) is 0 Å². The molecule has 0 bridgehead atoms. The monoisotopic (exact) mass is 363 g/mol. The molecule has 0 amide bonds. The van der Waals surface area contributed by atoms with Crippen LogP contribution in [-0.4, -0.2) is 41.0 Å². The number of benzene rings is 1. The van der Waals surface area contributed by atoms with Gasteiger partial charge in [-0.05, 0) is 36.6 Å². The van der Waals surface area contributed by atoms with Gasteiger partial charge in [0.1, 0.15) is 5.82 Å². The van der Waals surface area contributed by atoms with E-state index in [0.29, 0.717) is 6.04 Å². The second-order valence-electron chi connectivity index (χ2n) is 6.76. The highest BCUT2D eigenvalue weighted by Crippen LogP contribution is 2.33. The molecule has 0 saturated carbocycles. The zero-order valence-corrected chi connectivity index (χ0v) is 14.4. The van der Waals surface area contributed by atoms with E-state index in [1.54, 1.807) is 0 Å². The van der Waals surface area contributed by atoms with Gasteiger partial charge in [0, 0.05) is 49.7 Å². The Balaban J connectivity index is 1.60. The molecule has 2 aliphatic rings. The predicted octanol–water partition coefficient (Wildman–Crippen LogP) is 3.05. The standard InChI is InChI=1S/C18H20F3N5/c1-11-8-16(25-17(23-11)18(19,20)21)24-13-2-3-14-12(9-13)4-6-26-7-5-22-10-15(14)26/h2-3,8-9,15,22H,4-7,10H2,1H3,(H,23,24,25)/t15-/m0/s1. The molecule has 1 aromatic heterocycles. The highest BCUT2D eigenvalue weighted by molar-refractivity contribution is 5.59. The molecule has 0 aliphatic carbocycles. The molecule has 0 spiro atoms. The van der Waals surface area contributed by atoms with Gasteiger partial charge in [-0.3, -0.25) is 4.90 Å². The van der Waals surface area contributed by atoms with Gasteiger partial charge in [0.05, 0.1) is 0 Å². The van der Waals surface area contributed by atoms with Gasteiger partial charge in [0.25, 0.3) is 0 Å². The second-order valence-corrected chi connectivity index (χ2v) is 6.76. The molecule has 1 aromatic carbocycles. The first kappa shape index (κ1) is 17.2. The normalized spacial score (nSPS) is 20.4. The van der Waals surface area contributed by atoms with Crippen LogP contribution in [0, 0.1) is 6.92 Å². The van der Waals surface area contributed by atoms with Gasteiger partial charge in [-0.2, -0.15) is 13.2 Å². The number of alkyl halides is 3. The number of fused-ring (bicyclic) bond motifs is 3. The smallest absolute Gasteiger partial charge is 0.340 e. The third-order valence-corrected chi connectivity index (χ3v) is 4.90. The third kappa shape index (κ3) is 3.39. The first-order chi connectivity index (χ1) is 12.4. The maximum absolute atomic E-state index is 12.9. The van der Waals surface area contributed by atoms with Crippen LogP contribution < -0.4 is 10.6 Å². The molecular formula is C18H20F3N5. The summed E-state index contributed by atoms with van der Waals surface area (Å²) in [4.78, 5) is 9.57. The number of rotatable bonds is 2. The number of hydrogen-bond acceptors (Lipinski definition) is 5. The molecule has 0 radical (unpaired) electrons. The minimum atomic E-state index is -4.56. The Kier molecular flexibility index (Phi) is 4.32. The number of piperazine rings is 1. The summed E-state index contributed by atoms with van der Waals surface area (Å²) in [5.74, 6) is -0.969. The summed E-state index contributed by atoms with van der Waals surface area (Å²) < 4.78 is 38.7. The summed E-state index contributed by atoms with van der Waals surface area (Å²) >= 11 is 0. The average molecular weight is 363 g/mol. The van der Waals surface area contributed by atoms with E-state index in [4.69, 9.17) is 0 Å². The van der Waals surface area contributed by atoms with Gasteiger partial charge >= 0.3 is 6.18 Å². The molecule has 2 N–H and O–H groups in total. The van der Waals surface area contributed by atoms with Gasteiger partial charge < -0.3 is 10.6 Å². The Morgan fingerprint density at radius 3 is 2.85 bits per heavy atom. The van der Waals surface area contributed by atoms with Crippen LogP contribution in [0.15, 0.2) is 24.3 Å². The summed E-state index contributed by atoms with van der Waals surface area (Å²) in [6.45, 7) is 5.53. The van der Waals surface area contributed by atoms with Crippen molar-refractivity contribution >= 4 is 11.5 Å². The molecule has 2 aromatic rings. The van der Waals surface area contributed by atoms with Crippen LogP contribution in [0.4, 0.5) is 24.7 Å². The summed E-state index contributed by atoms with van der Waals surface area (Å²) in [5, 5.41) is 6.42. The Morgan fingerprint density at radius 1 is 1.19 bits per heavy atom. The van der Waals surface area contributed by atoms with Crippen molar-refractivity contribution in [2.24, 2.45) is 0 Å². The lowest BCUT2D eigenvalue weighted by molar-refractivity contribution is -0.145. The zero-order valence-electron chi connectivity index (χ0n) is 14.4. The average Bonchev–Trinajstić information content (AvgIpc) is 2.60. The van der Waals surface area contributed by atoms with E-state index >= 15 is 0 Å². The fraction of sp³-hybridized carbons (Fsp3) is 0.444. The van der Waals surface area contributed by atoms with Crippen molar-refractivity contribution in [2.45, 2.75) is 25.6 Å². The summed E-state index contributed by atoms with van der Waals surface area (Å²) in [7, 11) is 0. The Bertz CT molecular complexity index is 821. The van der Waals surface area contributed by atoms with E-state index < -0.39 is 12.0 Å². The lowest BCUT2D eigenvalue weighted by Gasteiger charge is -2.41. The second kappa shape index (κ2) is 6.51. The minimum Gasteiger partial charge on any atom is -0.340 e. The van der Waals surface area contributed by atoms with Crippen LogP contribution in [0.3, 0.4) is 0 Å². The number of hydrogen-bond donors (Lipinski definition) is 2. The van der Waals surface area contributed by atoms with Crippen molar-refractivity contribution in [3.63, 3.8) is 0 Å². The van der Waals surface area contributed by atoms with Crippen LogP contribution >= 0.6 is 0 Å². The zero-order chi connectivity index (χ0) is 18.3. The van der Waals surface area contributed by atoms with Crippen LogP contribution in [-0.2, 0) is 12.6 Å². The molecule has 8 heteroatoms. The summed E-state index contributed by atoms with van der Waals surface area (Å²) in [5.41, 5.74) is 3.55. The van der Waals surface area contributed by atoms with Crippen LogP contribution in [0.2, 0.25) is 0 Å². The van der Waals surface area contributed by atoms with Crippen LogP contribution in [0.25, 0.3) is 0 Å². The molecule has 1 saturated heterocycles. The van der Waals surface area contributed by atoms with E-state index in [1.807, 2.05) is 12.1 Å². The van der Waals surface area contributed by atoms with E-state index in [-0.39, 0.29) is 11.5 Å². The maximum atomic E-state index is 12.9. The Labute approximate surface area is 149 Å². The lowest BCUT2D eigenvalue weighted by atomic mass is 9.91. The SMILES string of the molecule is Cc1cc(Nc2ccc3c(c2)CCN2CCNC[C@@H]32)nc(C(F)(F)F)n1. The van der Waals surface area contributed by atoms with Crippen molar-refractivity contribution < 1.29 is 13.2 Å². The van der Waals surface area contributed by atoms with Crippen molar-refractivity contribution in [2.75, 3.05) is 31.5 Å². The van der Waals surface area contributed by atoms with E-state index in [1.165, 1.54) is 24.1 Å². The quantitative estimate of drug-likeness (QED) is 0.859. The maximum Gasteiger partial charge on any atom is 0.451 e. The molecule has 5 nitrogen and oxygen atoms in total. The van der Waals surface area contributed by atoms with Gasteiger partial charge in [-0.25, -0.2) is 9.97 Å². The number of aryl methyl sites for hydroxylation is 1.